The van der Waals surface area contributed by atoms with E-state index < -0.39 is 0 Å². The van der Waals surface area contributed by atoms with E-state index in [9.17, 15) is 4.79 Å². The molecule has 4 rings (SSSR count). The number of benzene rings is 1. The number of oxazole rings is 1. The molecule has 6 nitrogen and oxygen atoms in total. The van der Waals surface area contributed by atoms with Crippen molar-refractivity contribution in [3.05, 3.63) is 59.1 Å². The third-order valence-electron chi connectivity index (χ3n) is 4.64. The largest absolute Gasteiger partial charge is 0.440 e. The van der Waals surface area contributed by atoms with Gasteiger partial charge in [-0.2, -0.15) is 11.8 Å². The molecule has 0 radical (unpaired) electrons. The predicted molar refractivity (Wildman–Crippen MR) is 118 cm³/mol. The van der Waals surface area contributed by atoms with E-state index in [0.29, 0.717) is 17.3 Å². The van der Waals surface area contributed by atoms with Gasteiger partial charge in [-0.25, -0.2) is 9.97 Å². The molecular formula is C21H22N4O2S2. The molecule has 1 atom stereocenters. The highest BCUT2D eigenvalue weighted by atomic mass is 32.2. The first-order valence-electron chi connectivity index (χ1n) is 9.37. The van der Waals surface area contributed by atoms with Crippen LogP contribution in [-0.2, 0) is 11.2 Å². The molecular weight excluding hydrogens is 404 g/mol. The van der Waals surface area contributed by atoms with Gasteiger partial charge in [0, 0.05) is 0 Å². The molecule has 3 heterocycles. The Hall–Kier alpha value is -2.58. The first kappa shape index (κ1) is 19.7. The summed E-state index contributed by atoms with van der Waals surface area (Å²) in [5, 5.41) is 5.10. The SMILES string of the molecule is CSCC[C@@H](NC(=O)Cc1nc(-c2cccs2)oc1C)c1nc2ccccc2[nH]1. The summed E-state index contributed by atoms with van der Waals surface area (Å²) in [6.45, 7) is 1.84. The van der Waals surface area contributed by atoms with E-state index in [4.69, 9.17) is 4.42 Å². The van der Waals surface area contributed by atoms with Crippen LogP contribution in [0.5, 0.6) is 0 Å². The molecule has 29 heavy (non-hydrogen) atoms. The summed E-state index contributed by atoms with van der Waals surface area (Å²) >= 11 is 3.31. The van der Waals surface area contributed by atoms with Gasteiger partial charge in [0.25, 0.3) is 0 Å². The smallest absolute Gasteiger partial charge is 0.236 e. The van der Waals surface area contributed by atoms with E-state index >= 15 is 0 Å². The van der Waals surface area contributed by atoms with Gasteiger partial charge < -0.3 is 14.7 Å². The summed E-state index contributed by atoms with van der Waals surface area (Å²) in [6.07, 6.45) is 3.03. The number of nitrogens with zero attached hydrogens (tertiary/aromatic N) is 2. The zero-order chi connectivity index (χ0) is 20.2. The lowest BCUT2D eigenvalue weighted by atomic mass is 10.2. The van der Waals surface area contributed by atoms with E-state index in [0.717, 1.165) is 33.9 Å². The second-order valence-electron chi connectivity index (χ2n) is 6.72. The number of fused-ring (bicyclic) bond motifs is 1. The number of aromatic nitrogens is 3. The van der Waals surface area contributed by atoms with Crippen molar-refractivity contribution >= 4 is 40.0 Å². The molecule has 4 aromatic rings. The highest BCUT2D eigenvalue weighted by molar-refractivity contribution is 7.98. The molecule has 150 valence electrons. The summed E-state index contributed by atoms with van der Waals surface area (Å²) in [6, 6.07) is 11.6. The fourth-order valence-corrected chi connectivity index (χ4v) is 4.27. The standard InChI is InChI=1S/C21H22N4O2S2/c1-13-17(25-21(27-13)18-8-5-10-29-18)12-19(26)22-16(9-11-28-2)20-23-14-6-3-4-7-15(14)24-20/h3-8,10,16H,9,11-12H2,1-2H3,(H,22,26)(H,23,24)/t16-/m1/s1. The number of hydrogen-bond acceptors (Lipinski definition) is 6. The van der Waals surface area contributed by atoms with Crippen LogP contribution in [0, 0.1) is 6.92 Å². The Kier molecular flexibility index (Phi) is 6.01. The van der Waals surface area contributed by atoms with Gasteiger partial charge in [-0.05, 0) is 48.9 Å². The zero-order valence-corrected chi connectivity index (χ0v) is 17.9. The summed E-state index contributed by atoms with van der Waals surface area (Å²) < 4.78 is 5.75. The number of hydrogen-bond donors (Lipinski definition) is 2. The average molecular weight is 427 g/mol. The van der Waals surface area contributed by atoms with Crippen molar-refractivity contribution in [2.75, 3.05) is 12.0 Å². The fraction of sp³-hybridized carbons (Fsp3) is 0.286. The van der Waals surface area contributed by atoms with Gasteiger partial charge in [-0.3, -0.25) is 4.79 Å². The summed E-state index contributed by atoms with van der Waals surface area (Å²) in [7, 11) is 0. The number of aryl methyl sites for hydroxylation is 1. The third-order valence-corrected chi connectivity index (χ3v) is 6.14. The normalized spacial score (nSPS) is 12.3. The van der Waals surface area contributed by atoms with Crippen molar-refractivity contribution in [2.45, 2.75) is 25.8 Å². The molecule has 0 unspecified atom stereocenters. The van der Waals surface area contributed by atoms with Crippen LogP contribution in [-0.4, -0.2) is 32.9 Å². The molecule has 8 heteroatoms. The van der Waals surface area contributed by atoms with Gasteiger partial charge in [0.2, 0.25) is 11.8 Å². The molecule has 0 saturated heterocycles. The maximum Gasteiger partial charge on any atom is 0.236 e. The van der Waals surface area contributed by atoms with Gasteiger partial charge in [0.15, 0.2) is 0 Å². The first-order chi connectivity index (χ1) is 14.1. The van der Waals surface area contributed by atoms with Crippen molar-refractivity contribution in [1.82, 2.24) is 20.3 Å². The Morgan fingerprint density at radius 3 is 2.90 bits per heavy atom. The number of para-hydroxylation sites is 2. The van der Waals surface area contributed by atoms with Crippen LogP contribution < -0.4 is 5.32 Å². The molecule has 0 fully saturated rings. The van der Waals surface area contributed by atoms with Gasteiger partial charge in [-0.15, -0.1) is 11.3 Å². The second kappa shape index (κ2) is 8.84. The highest BCUT2D eigenvalue weighted by Crippen LogP contribution is 2.26. The van der Waals surface area contributed by atoms with Crippen LogP contribution >= 0.6 is 23.1 Å². The van der Waals surface area contributed by atoms with Crippen molar-refractivity contribution < 1.29 is 9.21 Å². The molecule has 0 spiro atoms. The van der Waals surface area contributed by atoms with E-state index in [1.807, 2.05) is 48.7 Å². The zero-order valence-electron chi connectivity index (χ0n) is 16.3. The number of rotatable bonds is 8. The monoisotopic (exact) mass is 426 g/mol. The van der Waals surface area contributed by atoms with E-state index in [-0.39, 0.29) is 18.4 Å². The number of thiophene rings is 1. The van der Waals surface area contributed by atoms with Crippen LogP contribution in [0.1, 0.15) is 29.7 Å². The van der Waals surface area contributed by atoms with Crippen LogP contribution in [0.2, 0.25) is 0 Å². The van der Waals surface area contributed by atoms with Crippen LogP contribution in [0.15, 0.2) is 46.2 Å². The molecule has 0 aliphatic heterocycles. The number of H-pyrrole nitrogens is 1. The Morgan fingerprint density at radius 1 is 1.28 bits per heavy atom. The number of carbonyl (C=O) groups is 1. The predicted octanol–water partition coefficient (Wildman–Crippen LogP) is 4.74. The van der Waals surface area contributed by atoms with Crippen molar-refractivity contribution in [3.63, 3.8) is 0 Å². The van der Waals surface area contributed by atoms with Crippen molar-refractivity contribution in [1.29, 1.82) is 0 Å². The Labute approximate surface area is 177 Å². The minimum atomic E-state index is -0.175. The Morgan fingerprint density at radius 2 is 2.14 bits per heavy atom. The van der Waals surface area contributed by atoms with Crippen LogP contribution in [0.4, 0.5) is 0 Å². The molecule has 1 aromatic carbocycles. The average Bonchev–Trinajstić information content (AvgIpc) is 3.45. The molecule has 0 aliphatic carbocycles. The quantitative estimate of drug-likeness (QED) is 0.425. The second-order valence-corrected chi connectivity index (χ2v) is 8.65. The fourth-order valence-electron chi connectivity index (χ4n) is 3.15. The molecule has 1 amide bonds. The van der Waals surface area contributed by atoms with Crippen molar-refractivity contribution in [3.8, 4) is 10.8 Å². The van der Waals surface area contributed by atoms with E-state index in [2.05, 4.69) is 26.5 Å². The van der Waals surface area contributed by atoms with Gasteiger partial charge in [0.1, 0.15) is 11.6 Å². The third kappa shape index (κ3) is 4.54. The molecule has 3 aromatic heterocycles. The van der Waals surface area contributed by atoms with E-state index in [1.165, 1.54) is 0 Å². The van der Waals surface area contributed by atoms with Gasteiger partial charge in [0.05, 0.1) is 34.1 Å². The topological polar surface area (TPSA) is 83.8 Å². The van der Waals surface area contributed by atoms with Crippen LogP contribution in [0.3, 0.4) is 0 Å². The molecule has 0 saturated carbocycles. The number of amides is 1. The lowest BCUT2D eigenvalue weighted by molar-refractivity contribution is -0.121. The summed E-state index contributed by atoms with van der Waals surface area (Å²) in [5.41, 5.74) is 2.54. The molecule has 0 bridgehead atoms. The minimum absolute atomic E-state index is 0.0920. The molecule has 2 N–H and O–H groups in total. The number of nitrogens with one attached hydrogen (secondary N) is 2. The number of thioether (sulfide) groups is 1. The maximum absolute atomic E-state index is 12.8. The van der Waals surface area contributed by atoms with E-state index in [1.54, 1.807) is 23.1 Å². The Balaban J connectivity index is 1.49. The minimum Gasteiger partial charge on any atom is -0.440 e. The lowest BCUT2D eigenvalue weighted by Crippen LogP contribution is -2.31. The molecule has 0 aliphatic rings. The number of imidazole rings is 1. The summed E-state index contributed by atoms with van der Waals surface area (Å²) in [5.74, 6) is 2.85. The summed E-state index contributed by atoms with van der Waals surface area (Å²) in [4.78, 5) is 26.3. The highest BCUT2D eigenvalue weighted by Gasteiger charge is 2.21. The first-order valence-corrected chi connectivity index (χ1v) is 11.6. The maximum atomic E-state index is 12.8. The Bertz CT molecular complexity index is 1070. The van der Waals surface area contributed by atoms with Gasteiger partial charge in [-0.1, -0.05) is 18.2 Å². The van der Waals surface area contributed by atoms with Crippen LogP contribution in [0.25, 0.3) is 21.8 Å². The number of aromatic amines is 1. The lowest BCUT2D eigenvalue weighted by Gasteiger charge is -2.16. The number of carbonyl (C=O) groups excluding carboxylic acids is 1. The van der Waals surface area contributed by atoms with Gasteiger partial charge >= 0.3 is 0 Å². The van der Waals surface area contributed by atoms with Crippen molar-refractivity contribution in [2.24, 2.45) is 0 Å².